The lowest BCUT2D eigenvalue weighted by molar-refractivity contribution is -0.198. The Balaban J connectivity index is 1.87. The normalized spacial score (nSPS) is 23.5. The summed E-state index contributed by atoms with van der Waals surface area (Å²) < 4.78 is 36.4. The smallest absolute Gasteiger partial charge is 0.345 e. The van der Waals surface area contributed by atoms with E-state index in [0.29, 0.717) is 25.9 Å². The highest BCUT2D eigenvalue weighted by atomic mass is 19.4. The number of hydrogen-bond acceptors (Lipinski definition) is 2. The van der Waals surface area contributed by atoms with Gasteiger partial charge in [-0.25, -0.2) is 0 Å². The maximum Gasteiger partial charge on any atom is 0.471 e. The molecule has 0 aromatic heterocycles. The van der Waals surface area contributed by atoms with Crippen molar-refractivity contribution in [3.05, 3.63) is 0 Å². The quantitative estimate of drug-likeness (QED) is 0.640. The van der Waals surface area contributed by atoms with Gasteiger partial charge in [0.2, 0.25) is 6.41 Å². The molecule has 2 aliphatic rings. The zero-order chi connectivity index (χ0) is 12.7. The van der Waals surface area contributed by atoms with Gasteiger partial charge in [0.05, 0.1) is 0 Å². The van der Waals surface area contributed by atoms with Crippen molar-refractivity contribution in [3.63, 3.8) is 0 Å². The number of likely N-dealkylation sites (tertiary alicyclic amines) is 2. The average Bonchev–Trinajstić information content (AvgIpc) is 2.24. The third-order valence-electron chi connectivity index (χ3n) is 3.59. The van der Waals surface area contributed by atoms with Crippen LogP contribution in [0, 0.1) is 5.41 Å². The minimum Gasteiger partial charge on any atom is -0.345 e. The van der Waals surface area contributed by atoms with Gasteiger partial charge >= 0.3 is 12.1 Å². The van der Waals surface area contributed by atoms with Gasteiger partial charge in [0.1, 0.15) is 0 Å². The van der Waals surface area contributed by atoms with Crippen molar-refractivity contribution in [1.82, 2.24) is 9.80 Å². The van der Waals surface area contributed by atoms with E-state index in [0.717, 1.165) is 11.3 Å². The van der Waals surface area contributed by atoms with E-state index in [1.807, 2.05) is 0 Å². The van der Waals surface area contributed by atoms with E-state index >= 15 is 0 Å². The summed E-state index contributed by atoms with van der Waals surface area (Å²) in [6, 6.07) is 0. The number of piperidine rings is 1. The van der Waals surface area contributed by atoms with Gasteiger partial charge in [0, 0.05) is 31.6 Å². The first kappa shape index (κ1) is 12.2. The van der Waals surface area contributed by atoms with Crippen LogP contribution in [-0.2, 0) is 9.59 Å². The van der Waals surface area contributed by atoms with Gasteiger partial charge in [0.15, 0.2) is 0 Å². The van der Waals surface area contributed by atoms with E-state index in [9.17, 15) is 22.8 Å². The molecule has 0 bridgehead atoms. The van der Waals surface area contributed by atoms with Crippen LogP contribution in [-0.4, -0.2) is 54.5 Å². The van der Waals surface area contributed by atoms with Gasteiger partial charge in [0.25, 0.3) is 0 Å². The molecule has 0 aromatic rings. The summed E-state index contributed by atoms with van der Waals surface area (Å²) >= 11 is 0. The van der Waals surface area contributed by atoms with E-state index in [4.69, 9.17) is 0 Å². The lowest BCUT2D eigenvalue weighted by atomic mass is 9.72. The summed E-state index contributed by atoms with van der Waals surface area (Å²) in [5.41, 5.74) is -0.194. The first-order valence-electron chi connectivity index (χ1n) is 5.42. The van der Waals surface area contributed by atoms with Gasteiger partial charge in [-0.3, -0.25) is 9.59 Å². The maximum absolute atomic E-state index is 12.1. The van der Waals surface area contributed by atoms with E-state index in [-0.39, 0.29) is 18.5 Å². The fourth-order valence-corrected chi connectivity index (χ4v) is 2.51. The molecule has 0 N–H and O–H groups in total. The second kappa shape index (κ2) is 3.89. The zero-order valence-corrected chi connectivity index (χ0v) is 9.16. The second-order valence-corrected chi connectivity index (χ2v) is 4.80. The highest BCUT2D eigenvalue weighted by Gasteiger charge is 2.52. The van der Waals surface area contributed by atoms with Gasteiger partial charge in [-0.05, 0) is 12.8 Å². The lowest BCUT2D eigenvalue weighted by Gasteiger charge is -2.53. The standard InChI is InChI=1S/C10H13F3N2O2/c11-10(12,13)8(17)15-5-9(6-15)1-3-14(7-16)4-2-9/h7H,1-6H2. The van der Waals surface area contributed by atoms with Crippen LogP contribution < -0.4 is 0 Å². The van der Waals surface area contributed by atoms with Crippen molar-refractivity contribution in [3.8, 4) is 0 Å². The number of halogens is 3. The molecular weight excluding hydrogens is 237 g/mol. The van der Waals surface area contributed by atoms with Gasteiger partial charge in [-0.1, -0.05) is 0 Å². The topological polar surface area (TPSA) is 40.6 Å². The van der Waals surface area contributed by atoms with Gasteiger partial charge in [-0.15, -0.1) is 0 Å². The summed E-state index contributed by atoms with van der Waals surface area (Å²) in [6.45, 7) is 1.46. The van der Waals surface area contributed by atoms with Crippen molar-refractivity contribution >= 4 is 12.3 Å². The Bertz CT molecular complexity index is 327. The van der Waals surface area contributed by atoms with Crippen molar-refractivity contribution in [1.29, 1.82) is 0 Å². The summed E-state index contributed by atoms with van der Waals surface area (Å²) in [5, 5.41) is 0. The van der Waals surface area contributed by atoms with Crippen LogP contribution in [0.25, 0.3) is 0 Å². The molecule has 2 saturated heterocycles. The molecular formula is C10H13F3N2O2. The molecule has 1 spiro atoms. The van der Waals surface area contributed by atoms with E-state index in [1.54, 1.807) is 4.90 Å². The highest BCUT2D eigenvalue weighted by molar-refractivity contribution is 5.82. The predicted molar refractivity (Wildman–Crippen MR) is 51.9 cm³/mol. The zero-order valence-electron chi connectivity index (χ0n) is 9.16. The van der Waals surface area contributed by atoms with Crippen LogP contribution in [0.3, 0.4) is 0 Å². The number of carbonyl (C=O) groups excluding carboxylic acids is 2. The van der Waals surface area contributed by atoms with Crippen LogP contribution in [0.15, 0.2) is 0 Å². The van der Waals surface area contributed by atoms with E-state index in [1.165, 1.54) is 0 Å². The number of hydrogen-bond donors (Lipinski definition) is 0. The van der Waals surface area contributed by atoms with Crippen LogP contribution in [0.4, 0.5) is 13.2 Å². The van der Waals surface area contributed by atoms with Crippen LogP contribution in [0.1, 0.15) is 12.8 Å². The molecule has 7 heteroatoms. The molecule has 2 aliphatic heterocycles. The average molecular weight is 250 g/mol. The first-order chi connectivity index (χ1) is 7.86. The molecule has 4 nitrogen and oxygen atoms in total. The van der Waals surface area contributed by atoms with Crippen molar-refractivity contribution in [2.75, 3.05) is 26.2 Å². The number of nitrogens with zero attached hydrogens (tertiary/aromatic N) is 2. The molecule has 0 aliphatic carbocycles. The molecule has 0 radical (unpaired) electrons. The molecule has 17 heavy (non-hydrogen) atoms. The Morgan fingerprint density at radius 1 is 1.18 bits per heavy atom. The van der Waals surface area contributed by atoms with Crippen molar-refractivity contribution < 1.29 is 22.8 Å². The highest BCUT2D eigenvalue weighted by Crippen LogP contribution is 2.41. The second-order valence-electron chi connectivity index (χ2n) is 4.80. The first-order valence-corrected chi connectivity index (χ1v) is 5.42. The SMILES string of the molecule is O=CN1CCC2(CC1)CN(C(=O)C(F)(F)F)C2. The third kappa shape index (κ3) is 2.23. The third-order valence-corrected chi connectivity index (χ3v) is 3.59. The molecule has 0 aromatic carbocycles. The van der Waals surface area contributed by atoms with E-state index < -0.39 is 12.1 Å². The molecule has 96 valence electrons. The summed E-state index contributed by atoms with van der Waals surface area (Å²) in [6.07, 6.45) is -2.67. The summed E-state index contributed by atoms with van der Waals surface area (Å²) in [4.78, 5) is 23.9. The Morgan fingerprint density at radius 2 is 1.71 bits per heavy atom. The molecule has 2 amide bonds. The number of alkyl halides is 3. The number of carbonyl (C=O) groups is 2. The van der Waals surface area contributed by atoms with Crippen molar-refractivity contribution in [2.45, 2.75) is 19.0 Å². The largest absolute Gasteiger partial charge is 0.471 e. The Labute approximate surface area is 96.4 Å². The monoisotopic (exact) mass is 250 g/mol. The fraction of sp³-hybridized carbons (Fsp3) is 0.800. The predicted octanol–water partition coefficient (Wildman–Crippen LogP) is 0.629. The molecule has 2 rings (SSSR count). The van der Waals surface area contributed by atoms with Gasteiger partial charge in [-0.2, -0.15) is 13.2 Å². The van der Waals surface area contributed by atoms with Crippen LogP contribution in [0.2, 0.25) is 0 Å². The molecule has 0 unspecified atom stereocenters. The molecule has 0 atom stereocenters. The number of amides is 2. The Kier molecular flexibility index (Phi) is 2.79. The molecule has 0 saturated carbocycles. The minimum absolute atomic E-state index is 0.165. The number of rotatable bonds is 1. The van der Waals surface area contributed by atoms with Crippen LogP contribution >= 0.6 is 0 Å². The van der Waals surface area contributed by atoms with Crippen molar-refractivity contribution in [2.24, 2.45) is 5.41 Å². The maximum atomic E-state index is 12.1. The van der Waals surface area contributed by atoms with Crippen LogP contribution in [0.5, 0.6) is 0 Å². The molecule has 2 fully saturated rings. The Morgan fingerprint density at radius 3 is 2.12 bits per heavy atom. The Hall–Kier alpha value is -1.27. The van der Waals surface area contributed by atoms with Gasteiger partial charge < -0.3 is 9.80 Å². The molecule has 2 heterocycles. The summed E-state index contributed by atoms with van der Waals surface area (Å²) in [5.74, 6) is -1.75. The minimum atomic E-state index is -4.77. The summed E-state index contributed by atoms with van der Waals surface area (Å²) in [7, 11) is 0. The van der Waals surface area contributed by atoms with E-state index in [2.05, 4.69) is 0 Å². The lowest BCUT2D eigenvalue weighted by Crippen LogP contribution is -2.63. The fourth-order valence-electron chi connectivity index (χ4n) is 2.51.